The average Bonchev–Trinajstić information content (AvgIpc) is 3.18. The Kier molecular flexibility index (Phi) is 4.55. The molecular weight excluding hydrogens is 344 g/mol. The lowest BCUT2D eigenvalue weighted by atomic mass is 9.98. The Morgan fingerprint density at radius 3 is 2.96 bits per heavy atom. The summed E-state index contributed by atoms with van der Waals surface area (Å²) in [6, 6.07) is 8.08. The van der Waals surface area contributed by atoms with Crippen molar-refractivity contribution >= 4 is 16.9 Å². The number of hydrogen-bond donors (Lipinski definition) is 1. The van der Waals surface area contributed by atoms with Gasteiger partial charge in [0.1, 0.15) is 11.6 Å². The fourth-order valence-electron chi connectivity index (χ4n) is 3.86. The number of benzene rings is 1. The zero-order valence-electron chi connectivity index (χ0n) is 15.7. The predicted octanol–water partition coefficient (Wildman–Crippen LogP) is 0.873. The van der Waals surface area contributed by atoms with E-state index in [0.29, 0.717) is 25.9 Å². The summed E-state index contributed by atoms with van der Waals surface area (Å²) in [6.07, 6.45) is 2.05. The lowest BCUT2D eigenvalue weighted by Gasteiger charge is -2.21. The molecule has 142 valence electrons. The number of imidazole rings is 1. The summed E-state index contributed by atoms with van der Waals surface area (Å²) in [7, 11) is 1.64. The van der Waals surface area contributed by atoms with Gasteiger partial charge in [-0.2, -0.15) is 5.10 Å². The molecule has 2 aromatic heterocycles. The van der Waals surface area contributed by atoms with Gasteiger partial charge in [0.15, 0.2) is 0 Å². The summed E-state index contributed by atoms with van der Waals surface area (Å²) in [5.41, 5.74) is 1.95. The van der Waals surface area contributed by atoms with E-state index in [1.54, 1.807) is 11.6 Å². The van der Waals surface area contributed by atoms with Crippen LogP contribution in [0.25, 0.3) is 11.0 Å². The smallest absolute Gasteiger partial charge is 0.345 e. The Bertz CT molecular complexity index is 1040. The molecule has 0 aliphatic carbocycles. The van der Waals surface area contributed by atoms with Crippen LogP contribution in [0.2, 0.25) is 0 Å². The second-order valence-corrected chi connectivity index (χ2v) is 6.97. The molecule has 8 heteroatoms. The molecule has 0 saturated heterocycles. The molecule has 1 aliphatic heterocycles. The van der Waals surface area contributed by atoms with Gasteiger partial charge >= 0.3 is 5.69 Å². The number of aryl methyl sites for hydroxylation is 3. The van der Waals surface area contributed by atoms with Crippen LogP contribution in [-0.4, -0.2) is 36.4 Å². The Labute approximate surface area is 156 Å². The zero-order valence-corrected chi connectivity index (χ0v) is 15.7. The minimum absolute atomic E-state index is 0.00411. The third-order valence-electron chi connectivity index (χ3n) is 5.27. The molecule has 27 heavy (non-hydrogen) atoms. The summed E-state index contributed by atoms with van der Waals surface area (Å²) in [5, 5.41) is 7.23. The molecule has 1 aromatic carbocycles. The van der Waals surface area contributed by atoms with Gasteiger partial charge in [0, 0.05) is 39.5 Å². The maximum atomic E-state index is 12.6. The number of nitrogens with zero attached hydrogens (tertiary/aromatic N) is 5. The molecule has 0 radical (unpaired) electrons. The predicted molar refractivity (Wildman–Crippen MR) is 101 cm³/mol. The number of hydrogen-bond acceptors (Lipinski definition) is 4. The molecule has 0 unspecified atom stereocenters. The van der Waals surface area contributed by atoms with Crippen molar-refractivity contribution < 1.29 is 4.79 Å². The summed E-state index contributed by atoms with van der Waals surface area (Å²) >= 11 is 0. The highest BCUT2D eigenvalue weighted by Gasteiger charge is 2.27. The first-order valence-electron chi connectivity index (χ1n) is 9.43. The molecule has 0 saturated carbocycles. The standard InChI is InChI=1S/C19H24N6O2/c1-3-24-15-7-5-4-6-14(15)21-16(24)10-11-20-18(26)13-8-9-17-22-23(2)19(27)25(17)12-13/h4-7,13H,3,8-12H2,1-2H3,(H,20,26)/t13-/m1/s1. The maximum Gasteiger partial charge on any atom is 0.345 e. The fourth-order valence-corrected chi connectivity index (χ4v) is 3.86. The van der Waals surface area contributed by atoms with E-state index >= 15 is 0 Å². The normalized spacial score (nSPS) is 16.4. The van der Waals surface area contributed by atoms with Gasteiger partial charge in [-0.1, -0.05) is 12.1 Å². The van der Waals surface area contributed by atoms with Crippen molar-refractivity contribution in [3.05, 3.63) is 46.4 Å². The van der Waals surface area contributed by atoms with E-state index < -0.39 is 0 Å². The van der Waals surface area contributed by atoms with Crippen LogP contribution in [0.5, 0.6) is 0 Å². The summed E-state index contributed by atoms with van der Waals surface area (Å²) in [4.78, 5) is 29.3. The number of aromatic nitrogens is 5. The van der Waals surface area contributed by atoms with Gasteiger partial charge in [0.25, 0.3) is 0 Å². The van der Waals surface area contributed by atoms with E-state index in [1.165, 1.54) is 4.68 Å². The zero-order chi connectivity index (χ0) is 19.0. The molecule has 1 aliphatic rings. The number of amides is 1. The maximum absolute atomic E-state index is 12.6. The van der Waals surface area contributed by atoms with Crippen LogP contribution in [0.15, 0.2) is 29.1 Å². The van der Waals surface area contributed by atoms with Crippen LogP contribution in [0.1, 0.15) is 25.0 Å². The Hall–Kier alpha value is -2.90. The Morgan fingerprint density at radius 2 is 2.15 bits per heavy atom. The monoisotopic (exact) mass is 368 g/mol. The number of nitrogens with one attached hydrogen (secondary N) is 1. The number of carbonyl (C=O) groups is 1. The van der Waals surface area contributed by atoms with E-state index in [2.05, 4.69) is 28.0 Å². The van der Waals surface area contributed by atoms with Gasteiger partial charge in [-0.05, 0) is 25.5 Å². The summed E-state index contributed by atoms with van der Waals surface area (Å²) in [6.45, 7) is 3.88. The van der Waals surface area contributed by atoms with Crippen LogP contribution in [0.3, 0.4) is 0 Å². The third-order valence-corrected chi connectivity index (χ3v) is 5.27. The third kappa shape index (κ3) is 3.15. The van der Waals surface area contributed by atoms with Gasteiger partial charge in [0.2, 0.25) is 5.91 Å². The Morgan fingerprint density at radius 1 is 1.33 bits per heavy atom. The van der Waals surface area contributed by atoms with Crippen molar-refractivity contribution in [1.82, 2.24) is 29.2 Å². The van der Waals surface area contributed by atoms with Crippen molar-refractivity contribution in [2.24, 2.45) is 13.0 Å². The topological polar surface area (TPSA) is 86.7 Å². The highest BCUT2D eigenvalue weighted by Crippen LogP contribution is 2.18. The summed E-state index contributed by atoms with van der Waals surface area (Å²) < 4.78 is 5.14. The molecule has 3 heterocycles. The van der Waals surface area contributed by atoms with E-state index in [9.17, 15) is 9.59 Å². The van der Waals surface area contributed by atoms with E-state index in [0.717, 1.165) is 35.6 Å². The first kappa shape index (κ1) is 17.5. The average molecular weight is 368 g/mol. The van der Waals surface area contributed by atoms with Crippen molar-refractivity contribution in [2.45, 2.75) is 39.3 Å². The van der Waals surface area contributed by atoms with Crippen LogP contribution >= 0.6 is 0 Å². The molecule has 0 spiro atoms. The van der Waals surface area contributed by atoms with E-state index in [4.69, 9.17) is 4.98 Å². The lowest BCUT2D eigenvalue weighted by Crippen LogP contribution is -2.39. The molecule has 1 N–H and O–H groups in total. The highest BCUT2D eigenvalue weighted by atomic mass is 16.2. The van der Waals surface area contributed by atoms with Gasteiger partial charge in [-0.25, -0.2) is 14.5 Å². The first-order chi connectivity index (χ1) is 13.1. The van der Waals surface area contributed by atoms with Crippen LogP contribution in [0.4, 0.5) is 0 Å². The van der Waals surface area contributed by atoms with Gasteiger partial charge in [-0.15, -0.1) is 0 Å². The molecular formula is C19H24N6O2. The summed E-state index contributed by atoms with van der Waals surface area (Å²) in [5.74, 6) is 1.55. The van der Waals surface area contributed by atoms with Crippen LogP contribution in [0, 0.1) is 5.92 Å². The first-order valence-corrected chi connectivity index (χ1v) is 9.43. The molecule has 0 fully saturated rings. The SMILES string of the molecule is CCn1c(CCNC(=O)[C@@H]2CCc3nn(C)c(=O)n3C2)nc2ccccc21. The molecule has 3 aromatic rings. The fraction of sp³-hybridized carbons (Fsp3) is 0.474. The number of para-hydroxylation sites is 2. The minimum atomic E-state index is -0.190. The van der Waals surface area contributed by atoms with Gasteiger partial charge in [-0.3, -0.25) is 9.36 Å². The number of carbonyl (C=O) groups excluding carboxylic acids is 1. The van der Waals surface area contributed by atoms with Gasteiger partial charge in [0.05, 0.1) is 17.0 Å². The Balaban J connectivity index is 1.39. The quantitative estimate of drug-likeness (QED) is 0.724. The van der Waals surface area contributed by atoms with Crippen LogP contribution in [-0.2, 0) is 37.8 Å². The molecule has 1 atom stereocenters. The molecule has 4 rings (SSSR count). The lowest BCUT2D eigenvalue weighted by molar-refractivity contribution is -0.125. The van der Waals surface area contributed by atoms with Gasteiger partial charge < -0.3 is 9.88 Å². The second kappa shape index (κ2) is 7.02. The number of fused-ring (bicyclic) bond motifs is 2. The molecule has 1 amide bonds. The highest BCUT2D eigenvalue weighted by molar-refractivity contribution is 5.79. The molecule has 0 bridgehead atoms. The molecule has 8 nitrogen and oxygen atoms in total. The van der Waals surface area contributed by atoms with Crippen molar-refractivity contribution in [3.8, 4) is 0 Å². The van der Waals surface area contributed by atoms with Crippen molar-refractivity contribution in [3.63, 3.8) is 0 Å². The van der Waals surface area contributed by atoms with Crippen molar-refractivity contribution in [2.75, 3.05) is 6.54 Å². The minimum Gasteiger partial charge on any atom is -0.355 e. The largest absolute Gasteiger partial charge is 0.355 e. The van der Waals surface area contributed by atoms with E-state index in [1.807, 2.05) is 18.2 Å². The van der Waals surface area contributed by atoms with E-state index in [-0.39, 0.29) is 17.5 Å². The second-order valence-electron chi connectivity index (χ2n) is 6.97. The van der Waals surface area contributed by atoms with Crippen molar-refractivity contribution in [1.29, 1.82) is 0 Å². The number of rotatable bonds is 5. The van der Waals surface area contributed by atoms with Crippen LogP contribution < -0.4 is 11.0 Å².